The zero-order valence-electron chi connectivity index (χ0n) is 16.0. The first kappa shape index (κ1) is 19.4. The quantitative estimate of drug-likeness (QED) is 0.397. The van der Waals surface area contributed by atoms with Gasteiger partial charge in [0.05, 0.1) is 29.6 Å². The summed E-state index contributed by atoms with van der Waals surface area (Å²) in [7, 11) is 1.63. The number of pyridine rings is 1. The zero-order valence-corrected chi connectivity index (χ0v) is 17.7. The molecule has 29 heavy (non-hydrogen) atoms. The number of hydrogen-bond acceptors (Lipinski definition) is 6. The zero-order chi connectivity index (χ0) is 20.2. The van der Waals surface area contributed by atoms with Gasteiger partial charge in [-0.1, -0.05) is 23.5 Å². The molecule has 0 bridgehead atoms. The molecule has 0 saturated carbocycles. The van der Waals surface area contributed by atoms with Gasteiger partial charge >= 0.3 is 0 Å². The molecule has 0 spiro atoms. The lowest BCUT2D eigenvalue weighted by atomic mass is 10.2. The fraction of sp³-hybridized carbons (Fsp3) is 0.136. The number of thiazole rings is 1. The van der Waals surface area contributed by atoms with E-state index in [4.69, 9.17) is 9.72 Å². The van der Waals surface area contributed by atoms with Crippen LogP contribution in [0.25, 0.3) is 10.2 Å². The van der Waals surface area contributed by atoms with Gasteiger partial charge in [0.25, 0.3) is 5.91 Å². The van der Waals surface area contributed by atoms with Crippen LogP contribution in [0.3, 0.4) is 0 Å². The Morgan fingerprint density at radius 3 is 2.79 bits per heavy atom. The van der Waals surface area contributed by atoms with Crippen molar-refractivity contribution in [3.05, 3.63) is 78.1 Å². The highest BCUT2D eigenvalue weighted by atomic mass is 32.2. The number of methoxy groups -OCH3 is 1. The van der Waals surface area contributed by atoms with Gasteiger partial charge < -0.3 is 4.74 Å². The average molecular weight is 422 g/mol. The van der Waals surface area contributed by atoms with Crippen molar-refractivity contribution < 1.29 is 9.53 Å². The smallest absolute Gasteiger partial charge is 0.260 e. The first-order valence-corrected chi connectivity index (χ1v) is 11.0. The number of aromatic nitrogens is 2. The summed E-state index contributed by atoms with van der Waals surface area (Å²) in [6.07, 6.45) is 3.73. The number of hydrogen-bond donors (Lipinski definition) is 0. The molecule has 4 aromatic rings. The fourth-order valence-electron chi connectivity index (χ4n) is 2.93. The topological polar surface area (TPSA) is 55.3 Å². The Hall–Kier alpha value is -2.90. The third-order valence-corrected chi connectivity index (χ3v) is 6.21. The van der Waals surface area contributed by atoms with Crippen LogP contribution in [-0.4, -0.2) is 29.2 Å². The number of carbonyl (C=O) groups is 1. The molecule has 1 amide bonds. The second kappa shape index (κ2) is 8.63. The highest BCUT2D eigenvalue weighted by molar-refractivity contribution is 7.98. The molecule has 0 aliphatic heterocycles. The van der Waals surface area contributed by atoms with E-state index in [0.717, 1.165) is 26.6 Å². The van der Waals surface area contributed by atoms with Gasteiger partial charge in [0, 0.05) is 22.7 Å². The average Bonchev–Trinajstić information content (AvgIpc) is 3.20. The monoisotopic (exact) mass is 421 g/mol. The van der Waals surface area contributed by atoms with Crippen LogP contribution in [0.15, 0.2) is 71.8 Å². The molecule has 0 aliphatic carbocycles. The van der Waals surface area contributed by atoms with Crippen molar-refractivity contribution in [1.29, 1.82) is 0 Å². The molecular weight excluding hydrogens is 402 g/mol. The Labute approximate surface area is 177 Å². The van der Waals surface area contributed by atoms with Gasteiger partial charge in [-0.05, 0) is 48.7 Å². The predicted octanol–water partition coefficient (Wildman–Crippen LogP) is 5.27. The Bertz CT molecular complexity index is 1150. The van der Waals surface area contributed by atoms with E-state index in [0.29, 0.717) is 17.2 Å². The lowest BCUT2D eigenvalue weighted by Crippen LogP contribution is -2.30. The maximum absolute atomic E-state index is 13.4. The van der Waals surface area contributed by atoms with Gasteiger partial charge in [-0.3, -0.25) is 14.7 Å². The van der Waals surface area contributed by atoms with Crippen LogP contribution in [0.5, 0.6) is 5.75 Å². The largest absolute Gasteiger partial charge is 0.497 e. The molecule has 0 fully saturated rings. The summed E-state index contributed by atoms with van der Waals surface area (Å²) in [6, 6.07) is 19.1. The highest BCUT2D eigenvalue weighted by Crippen LogP contribution is 2.33. The maximum Gasteiger partial charge on any atom is 0.260 e. The molecule has 0 N–H and O–H groups in total. The first-order chi connectivity index (χ1) is 14.2. The third-order valence-electron chi connectivity index (χ3n) is 4.42. The van der Waals surface area contributed by atoms with Gasteiger partial charge in [0.15, 0.2) is 5.13 Å². The van der Waals surface area contributed by atoms with Crippen molar-refractivity contribution in [1.82, 2.24) is 9.97 Å². The summed E-state index contributed by atoms with van der Waals surface area (Å²) < 4.78 is 6.30. The van der Waals surface area contributed by atoms with Crippen LogP contribution in [-0.2, 0) is 6.54 Å². The van der Waals surface area contributed by atoms with Crippen molar-refractivity contribution >= 4 is 44.4 Å². The van der Waals surface area contributed by atoms with Crippen LogP contribution in [0, 0.1) is 0 Å². The van der Waals surface area contributed by atoms with E-state index in [1.54, 1.807) is 30.0 Å². The molecule has 0 aliphatic rings. The Balaban J connectivity index is 1.76. The number of thioether (sulfide) groups is 1. The Morgan fingerprint density at radius 2 is 2.03 bits per heavy atom. The minimum Gasteiger partial charge on any atom is -0.497 e. The Kier molecular flexibility index (Phi) is 5.78. The van der Waals surface area contributed by atoms with E-state index in [1.165, 1.54) is 11.3 Å². The molecule has 146 valence electrons. The summed E-state index contributed by atoms with van der Waals surface area (Å²) in [4.78, 5) is 25.3. The number of rotatable bonds is 6. The lowest BCUT2D eigenvalue weighted by Gasteiger charge is -2.20. The van der Waals surface area contributed by atoms with Crippen LogP contribution >= 0.6 is 23.1 Å². The molecule has 0 atom stereocenters. The Morgan fingerprint density at radius 1 is 1.14 bits per heavy atom. The summed E-state index contributed by atoms with van der Waals surface area (Å²) in [6.45, 7) is 0.347. The van der Waals surface area contributed by atoms with E-state index in [9.17, 15) is 4.79 Å². The molecule has 0 unspecified atom stereocenters. The number of fused-ring (bicyclic) bond motifs is 1. The number of nitrogens with zero attached hydrogens (tertiary/aromatic N) is 3. The number of anilines is 1. The fourth-order valence-corrected chi connectivity index (χ4v) is 4.33. The van der Waals surface area contributed by atoms with Gasteiger partial charge in [0.1, 0.15) is 5.75 Å². The summed E-state index contributed by atoms with van der Waals surface area (Å²) in [5, 5.41) is 0.637. The molecule has 2 heterocycles. The predicted molar refractivity (Wildman–Crippen MR) is 119 cm³/mol. The lowest BCUT2D eigenvalue weighted by molar-refractivity contribution is 0.0984. The minimum atomic E-state index is -0.0995. The normalized spacial score (nSPS) is 10.8. The van der Waals surface area contributed by atoms with Gasteiger partial charge in [-0.2, -0.15) is 0 Å². The second-order valence-corrected chi connectivity index (χ2v) is 8.16. The summed E-state index contributed by atoms with van der Waals surface area (Å²) in [5.41, 5.74) is 2.24. The standard InChI is InChI=1S/C22H19N3O2S2/c1-27-17-9-10-20-19(13-17)24-22(29-20)25(14-16-7-3-4-11-23-16)21(26)15-6-5-8-18(12-15)28-2/h3-13H,14H2,1-2H3. The van der Waals surface area contributed by atoms with Crippen molar-refractivity contribution in [2.24, 2.45) is 0 Å². The third kappa shape index (κ3) is 4.26. The second-order valence-electron chi connectivity index (χ2n) is 6.27. The number of carbonyl (C=O) groups excluding carboxylic acids is 1. The van der Waals surface area contributed by atoms with E-state index in [1.807, 2.05) is 66.9 Å². The summed E-state index contributed by atoms with van der Waals surface area (Å²) >= 11 is 3.09. The molecule has 7 heteroatoms. The highest BCUT2D eigenvalue weighted by Gasteiger charge is 2.22. The molecule has 0 radical (unpaired) electrons. The minimum absolute atomic E-state index is 0.0995. The summed E-state index contributed by atoms with van der Waals surface area (Å²) in [5.74, 6) is 0.641. The molecule has 4 rings (SSSR count). The van der Waals surface area contributed by atoms with Crippen molar-refractivity contribution in [2.75, 3.05) is 18.3 Å². The maximum atomic E-state index is 13.4. The number of amides is 1. The number of ether oxygens (including phenoxy) is 1. The SMILES string of the molecule is COc1ccc2sc(N(Cc3ccccn3)C(=O)c3cccc(SC)c3)nc2c1. The number of benzene rings is 2. The van der Waals surface area contributed by atoms with E-state index in [2.05, 4.69) is 4.98 Å². The van der Waals surface area contributed by atoms with Crippen LogP contribution in [0.4, 0.5) is 5.13 Å². The van der Waals surface area contributed by atoms with Crippen LogP contribution < -0.4 is 9.64 Å². The van der Waals surface area contributed by atoms with E-state index >= 15 is 0 Å². The molecule has 2 aromatic heterocycles. The van der Waals surface area contributed by atoms with E-state index < -0.39 is 0 Å². The molecular formula is C22H19N3O2S2. The van der Waals surface area contributed by atoms with Gasteiger partial charge in [-0.15, -0.1) is 11.8 Å². The van der Waals surface area contributed by atoms with Gasteiger partial charge in [-0.25, -0.2) is 4.98 Å². The van der Waals surface area contributed by atoms with Crippen LogP contribution in [0.1, 0.15) is 16.1 Å². The molecule has 5 nitrogen and oxygen atoms in total. The first-order valence-electron chi connectivity index (χ1n) is 8.98. The van der Waals surface area contributed by atoms with Crippen molar-refractivity contribution in [3.8, 4) is 5.75 Å². The van der Waals surface area contributed by atoms with Crippen LogP contribution in [0.2, 0.25) is 0 Å². The van der Waals surface area contributed by atoms with Crippen molar-refractivity contribution in [3.63, 3.8) is 0 Å². The molecule has 2 aromatic carbocycles. The van der Waals surface area contributed by atoms with Gasteiger partial charge in [0.2, 0.25) is 0 Å². The van der Waals surface area contributed by atoms with Crippen molar-refractivity contribution in [2.45, 2.75) is 11.4 Å². The van der Waals surface area contributed by atoms with E-state index in [-0.39, 0.29) is 5.91 Å². The molecule has 0 saturated heterocycles.